The topological polar surface area (TPSA) is 301 Å². The molecule has 0 bridgehead atoms. The Morgan fingerprint density at radius 1 is 0.607 bits per heavy atom. The number of benzene rings is 2. The van der Waals surface area contributed by atoms with Crippen LogP contribution in [0.2, 0.25) is 0 Å². The molecule has 0 aliphatic rings. The van der Waals surface area contributed by atoms with Crippen LogP contribution in [0.1, 0.15) is 58.6 Å². The third-order valence-corrected chi connectivity index (χ3v) is 8.61. The van der Waals surface area contributed by atoms with Gasteiger partial charge >= 0.3 is 5.97 Å². The SMILES string of the molecule is CC(C)[C@H](NC(=O)[C@@H](CCC(=O)O)NC(=O)[C@@H](Cc1ccccc1)NC(=O)[C@H](C)NC(=O)[C@H](N)Cc1ccc(O)cc1)C(=O)N[C@@H](C(=O)NCC(N)=O)C(C)C. The maximum absolute atomic E-state index is 13.8. The van der Waals surface area contributed by atoms with Gasteiger partial charge in [-0.25, -0.2) is 0 Å². The average Bonchev–Trinajstić information content (AvgIpc) is 3.13. The summed E-state index contributed by atoms with van der Waals surface area (Å²) in [5, 5.41) is 34.0. The predicted molar refractivity (Wildman–Crippen MR) is 204 cm³/mol. The van der Waals surface area contributed by atoms with Gasteiger partial charge in [-0.1, -0.05) is 70.2 Å². The molecule has 0 fully saturated rings. The van der Waals surface area contributed by atoms with E-state index in [9.17, 15) is 48.6 Å². The number of phenolic OH excluding ortho intramolecular Hbond substituents is 1. The lowest BCUT2D eigenvalue weighted by atomic mass is 9.99. The van der Waals surface area contributed by atoms with Crippen molar-refractivity contribution in [3.63, 3.8) is 0 Å². The Morgan fingerprint density at radius 3 is 1.68 bits per heavy atom. The van der Waals surface area contributed by atoms with Crippen LogP contribution in [0.3, 0.4) is 0 Å². The van der Waals surface area contributed by atoms with Gasteiger partial charge in [0.1, 0.15) is 36.0 Å². The van der Waals surface area contributed by atoms with Crippen molar-refractivity contribution in [3.05, 3.63) is 65.7 Å². The molecule has 2 aromatic rings. The Bertz CT molecular complexity index is 1690. The van der Waals surface area contributed by atoms with Crippen LogP contribution in [0.4, 0.5) is 0 Å². The highest BCUT2D eigenvalue weighted by Crippen LogP contribution is 2.12. The summed E-state index contributed by atoms with van der Waals surface area (Å²) in [6.45, 7) is 7.50. The third kappa shape index (κ3) is 15.7. The van der Waals surface area contributed by atoms with E-state index in [2.05, 4.69) is 31.9 Å². The molecule has 306 valence electrons. The molecule has 0 heterocycles. The van der Waals surface area contributed by atoms with E-state index in [0.29, 0.717) is 11.1 Å². The zero-order chi connectivity index (χ0) is 42.1. The van der Waals surface area contributed by atoms with Crippen LogP contribution in [0.5, 0.6) is 5.75 Å². The fraction of sp³-hybridized carbons (Fsp3) is 0.474. The fourth-order valence-electron chi connectivity index (χ4n) is 5.38. The Hall–Kier alpha value is -6.04. The third-order valence-electron chi connectivity index (χ3n) is 8.61. The lowest BCUT2D eigenvalue weighted by Gasteiger charge is -2.29. The van der Waals surface area contributed by atoms with Crippen molar-refractivity contribution in [2.45, 2.75) is 96.6 Å². The molecule has 0 aromatic heterocycles. The van der Waals surface area contributed by atoms with Crippen molar-refractivity contribution in [3.8, 4) is 5.75 Å². The number of amides is 7. The van der Waals surface area contributed by atoms with Gasteiger partial charge in [0, 0.05) is 12.8 Å². The van der Waals surface area contributed by atoms with Crippen LogP contribution < -0.4 is 43.4 Å². The number of nitrogens with two attached hydrogens (primary N) is 2. The van der Waals surface area contributed by atoms with Gasteiger partial charge in [-0.3, -0.25) is 38.4 Å². The lowest BCUT2D eigenvalue weighted by Crippen LogP contribution is -2.61. The van der Waals surface area contributed by atoms with Crippen LogP contribution in [0.15, 0.2) is 54.6 Å². The van der Waals surface area contributed by atoms with Gasteiger partial charge < -0.3 is 53.6 Å². The summed E-state index contributed by atoms with van der Waals surface area (Å²) in [6.07, 6.45) is -0.877. The smallest absolute Gasteiger partial charge is 0.303 e. The van der Waals surface area contributed by atoms with E-state index in [0.717, 1.165) is 0 Å². The number of primary amides is 1. The van der Waals surface area contributed by atoms with Crippen molar-refractivity contribution in [2.75, 3.05) is 6.54 Å². The lowest BCUT2D eigenvalue weighted by molar-refractivity contribution is -0.139. The molecular weight excluding hydrogens is 728 g/mol. The number of carbonyl (C=O) groups is 8. The number of carboxylic acid groups (broad SMARTS) is 1. The molecule has 18 heteroatoms. The first kappa shape index (κ1) is 46.1. The summed E-state index contributed by atoms with van der Waals surface area (Å²) in [5.74, 6) is -7.58. The second-order valence-electron chi connectivity index (χ2n) is 14.1. The molecule has 0 unspecified atom stereocenters. The molecular formula is C38H54N8O10. The van der Waals surface area contributed by atoms with E-state index in [1.807, 2.05) is 0 Å². The standard InChI is InChI=1S/C38H54N8O10/c1-20(2)31(37(55)41-19-29(40)48)46-38(56)32(21(3)4)45-35(53)27(15-16-30(49)50)43-36(54)28(18-23-9-7-6-8-10-23)44-33(51)22(5)42-34(52)26(39)17-24-11-13-25(47)14-12-24/h6-14,20-22,26-28,31-32,47H,15-19,39H2,1-5H3,(H2,40,48)(H,41,55)(H,42,52)(H,43,54)(H,44,51)(H,45,53)(H,46,56)(H,49,50)/t22-,26+,27+,28+,31+,32-/m0/s1. The number of hydrogen-bond acceptors (Lipinski definition) is 10. The number of rotatable bonds is 22. The summed E-state index contributed by atoms with van der Waals surface area (Å²) < 4.78 is 0. The Kier molecular flexibility index (Phi) is 18.4. The molecule has 18 nitrogen and oxygen atoms in total. The van der Waals surface area contributed by atoms with Gasteiger partial charge in [-0.05, 0) is 54.9 Å². The van der Waals surface area contributed by atoms with Gasteiger partial charge in [-0.2, -0.15) is 0 Å². The van der Waals surface area contributed by atoms with E-state index in [1.165, 1.54) is 19.1 Å². The minimum absolute atomic E-state index is 0.0464. The minimum atomic E-state index is -1.49. The molecule has 0 radical (unpaired) electrons. The van der Waals surface area contributed by atoms with E-state index < -0.39 is 108 Å². The number of aromatic hydroxyl groups is 1. The van der Waals surface area contributed by atoms with Crippen LogP contribution in [-0.2, 0) is 51.2 Å². The highest BCUT2D eigenvalue weighted by atomic mass is 16.4. The summed E-state index contributed by atoms with van der Waals surface area (Å²) in [4.78, 5) is 103. The molecule has 12 N–H and O–H groups in total. The second kappa shape index (κ2) is 22.4. The Labute approximate surface area is 325 Å². The molecule has 0 aliphatic heterocycles. The van der Waals surface area contributed by atoms with Gasteiger partial charge in [0.05, 0.1) is 12.6 Å². The maximum atomic E-state index is 13.8. The van der Waals surface area contributed by atoms with E-state index >= 15 is 0 Å². The van der Waals surface area contributed by atoms with E-state index in [1.54, 1.807) is 70.2 Å². The molecule has 6 atom stereocenters. The first-order chi connectivity index (χ1) is 26.3. The van der Waals surface area contributed by atoms with Crippen molar-refractivity contribution in [2.24, 2.45) is 23.3 Å². The van der Waals surface area contributed by atoms with Crippen LogP contribution >= 0.6 is 0 Å². The number of carboxylic acids is 1. The van der Waals surface area contributed by atoms with Crippen LogP contribution in [0, 0.1) is 11.8 Å². The van der Waals surface area contributed by atoms with E-state index in [-0.39, 0.29) is 25.0 Å². The number of phenols is 1. The number of hydrogen-bond donors (Lipinski definition) is 10. The first-order valence-electron chi connectivity index (χ1n) is 18.2. The van der Waals surface area contributed by atoms with Crippen molar-refractivity contribution < 1.29 is 48.6 Å². The fourth-order valence-corrected chi connectivity index (χ4v) is 5.38. The maximum Gasteiger partial charge on any atom is 0.303 e. The average molecular weight is 783 g/mol. The molecule has 0 aliphatic carbocycles. The summed E-state index contributed by atoms with van der Waals surface area (Å²) in [6, 6.07) is 7.34. The van der Waals surface area contributed by atoms with Gasteiger partial charge in [-0.15, -0.1) is 0 Å². The molecule has 2 rings (SSSR count). The number of carbonyl (C=O) groups excluding carboxylic acids is 7. The van der Waals surface area contributed by atoms with Crippen LogP contribution in [-0.4, -0.2) is 100 Å². The highest BCUT2D eigenvalue weighted by molar-refractivity contribution is 5.97. The van der Waals surface area contributed by atoms with Gasteiger partial charge in [0.2, 0.25) is 41.4 Å². The predicted octanol–water partition coefficient (Wildman–Crippen LogP) is -1.27. The van der Waals surface area contributed by atoms with Crippen molar-refractivity contribution in [1.82, 2.24) is 31.9 Å². The number of nitrogens with one attached hydrogen (secondary N) is 6. The highest BCUT2D eigenvalue weighted by Gasteiger charge is 2.34. The molecule has 2 aromatic carbocycles. The molecule has 0 spiro atoms. The largest absolute Gasteiger partial charge is 0.508 e. The van der Waals surface area contributed by atoms with E-state index in [4.69, 9.17) is 11.5 Å². The number of aliphatic carboxylic acids is 1. The van der Waals surface area contributed by atoms with Crippen molar-refractivity contribution in [1.29, 1.82) is 0 Å². The first-order valence-corrected chi connectivity index (χ1v) is 18.2. The second-order valence-corrected chi connectivity index (χ2v) is 14.1. The Morgan fingerprint density at radius 2 is 1.12 bits per heavy atom. The molecule has 0 saturated heterocycles. The molecule has 0 saturated carbocycles. The molecule has 56 heavy (non-hydrogen) atoms. The van der Waals surface area contributed by atoms with Crippen molar-refractivity contribution >= 4 is 47.3 Å². The quantitative estimate of drug-likeness (QED) is 0.0672. The normalized spacial score (nSPS) is 14.2. The zero-order valence-corrected chi connectivity index (χ0v) is 32.2. The minimum Gasteiger partial charge on any atom is -0.508 e. The summed E-state index contributed by atoms with van der Waals surface area (Å²) in [7, 11) is 0. The summed E-state index contributed by atoms with van der Waals surface area (Å²) >= 11 is 0. The van der Waals surface area contributed by atoms with Gasteiger partial charge in [0.25, 0.3) is 0 Å². The monoisotopic (exact) mass is 782 g/mol. The summed E-state index contributed by atoms with van der Waals surface area (Å²) in [5.41, 5.74) is 12.5. The zero-order valence-electron chi connectivity index (χ0n) is 32.2. The van der Waals surface area contributed by atoms with Gasteiger partial charge in [0.15, 0.2) is 0 Å². The molecule has 7 amide bonds. The Balaban J connectivity index is 2.26. The van der Waals surface area contributed by atoms with Crippen LogP contribution in [0.25, 0.3) is 0 Å².